The van der Waals surface area contributed by atoms with Gasteiger partial charge in [-0.1, -0.05) is 0 Å². The van der Waals surface area contributed by atoms with Crippen LogP contribution in [0.3, 0.4) is 0 Å². The van der Waals surface area contributed by atoms with Crippen molar-refractivity contribution >= 4 is 5.91 Å². The third kappa shape index (κ3) is 3.74. The van der Waals surface area contributed by atoms with Crippen molar-refractivity contribution in [3.8, 4) is 11.5 Å². The van der Waals surface area contributed by atoms with Crippen LogP contribution in [0.4, 0.5) is 0 Å². The van der Waals surface area contributed by atoms with Gasteiger partial charge in [0.15, 0.2) is 6.10 Å². The first-order valence-electron chi connectivity index (χ1n) is 6.24. The number of ether oxygens (including phenoxy) is 2. The Morgan fingerprint density at radius 2 is 2.05 bits per heavy atom. The molecule has 0 bridgehead atoms. The third-order valence-electron chi connectivity index (χ3n) is 2.75. The fourth-order valence-corrected chi connectivity index (χ4v) is 1.62. The first-order chi connectivity index (χ1) is 9.69. The zero-order chi connectivity index (χ0) is 14.4. The van der Waals surface area contributed by atoms with E-state index in [4.69, 9.17) is 9.47 Å². The summed E-state index contributed by atoms with van der Waals surface area (Å²) >= 11 is 0. The molecule has 0 saturated heterocycles. The van der Waals surface area contributed by atoms with Crippen molar-refractivity contribution in [2.45, 2.75) is 19.6 Å². The molecule has 1 aromatic carbocycles. The monoisotopic (exact) mass is 275 g/mol. The highest BCUT2D eigenvalue weighted by atomic mass is 16.5. The van der Waals surface area contributed by atoms with E-state index in [0.29, 0.717) is 12.3 Å². The summed E-state index contributed by atoms with van der Waals surface area (Å²) in [6, 6.07) is 7.09. The Bertz CT molecular complexity index is 537. The fourth-order valence-electron chi connectivity index (χ4n) is 1.62. The van der Waals surface area contributed by atoms with E-state index in [2.05, 4.69) is 15.3 Å². The molecule has 0 fully saturated rings. The molecule has 2 rings (SSSR count). The van der Waals surface area contributed by atoms with Gasteiger partial charge in [0, 0.05) is 6.20 Å². The molecule has 2 N–H and O–H groups in total. The van der Waals surface area contributed by atoms with Gasteiger partial charge < -0.3 is 19.8 Å². The largest absolute Gasteiger partial charge is 0.497 e. The molecule has 1 atom stereocenters. The minimum Gasteiger partial charge on any atom is -0.497 e. The van der Waals surface area contributed by atoms with Crippen LogP contribution in [0.5, 0.6) is 11.5 Å². The Labute approximate surface area is 117 Å². The van der Waals surface area contributed by atoms with E-state index in [1.54, 1.807) is 50.8 Å². The highest BCUT2D eigenvalue weighted by Gasteiger charge is 2.14. The number of carbonyl (C=O) groups is 1. The number of benzene rings is 1. The molecule has 1 heterocycles. The van der Waals surface area contributed by atoms with Crippen LogP contribution >= 0.6 is 0 Å². The zero-order valence-corrected chi connectivity index (χ0v) is 11.4. The fraction of sp³-hybridized carbons (Fsp3) is 0.286. The second kappa shape index (κ2) is 6.60. The lowest BCUT2D eigenvalue weighted by atomic mass is 10.3. The van der Waals surface area contributed by atoms with Crippen molar-refractivity contribution in [2.75, 3.05) is 7.11 Å². The van der Waals surface area contributed by atoms with Gasteiger partial charge in [0.2, 0.25) is 0 Å². The van der Waals surface area contributed by atoms with Crippen LogP contribution in [0, 0.1) is 0 Å². The van der Waals surface area contributed by atoms with Gasteiger partial charge >= 0.3 is 0 Å². The Balaban J connectivity index is 1.83. The molecule has 0 aliphatic rings. The summed E-state index contributed by atoms with van der Waals surface area (Å²) in [5, 5.41) is 2.77. The molecule has 1 aromatic heterocycles. The minimum atomic E-state index is -0.577. The van der Waals surface area contributed by atoms with Gasteiger partial charge in [0.1, 0.15) is 11.5 Å². The predicted octanol–water partition coefficient (Wildman–Crippen LogP) is 1.50. The van der Waals surface area contributed by atoms with Crippen molar-refractivity contribution < 1.29 is 14.3 Å². The lowest BCUT2D eigenvalue weighted by molar-refractivity contribution is -0.127. The number of rotatable bonds is 6. The van der Waals surface area contributed by atoms with E-state index in [1.165, 1.54) is 0 Å². The van der Waals surface area contributed by atoms with E-state index < -0.39 is 6.10 Å². The van der Waals surface area contributed by atoms with Crippen molar-refractivity contribution in [1.29, 1.82) is 0 Å². The van der Waals surface area contributed by atoms with Gasteiger partial charge in [-0.05, 0) is 31.2 Å². The van der Waals surface area contributed by atoms with Crippen molar-refractivity contribution in [3.63, 3.8) is 0 Å². The van der Waals surface area contributed by atoms with Gasteiger partial charge in [-0.15, -0.1) is 0 Å². The van der Waals surface area contributed by atoms with E-state index in [9.17, 15) is 4.79 Å². The van der Waals surface area contributed by atoms with Crippen LogP contribution in [-0.4, -0.2) is 29.1 Å². The van der Waals surface area contributed by atoms with Gasteiger partial charge in [-0.25, -0.2) is 4.98 Å². The predicted molar refractivity (Wildman–Crippen MR) is 73.5 cm³/mol. The maximum absolute atomic E-state index is 11.9. The zero-order valence-electron chi connectivity index (χ0n) is 11.4. The van der Waals surface area contributed by atoms with Crippen molar-refractivity contribution in [3.05, 3.63) is 42.5 Å². The average Bonchev–Trinajstić information content (AvgIpc) is 2.98. The number of nitrogens with one attached hydrogen (secondary N) is 2. The Kier molecular flexibility index (Phi) is 4.60. The van der Waals surface area contributed by atoms with Gasteiger partial charge in [-0.3, -0.25) is 4.79 Å². The Hall–Kier alpha value is -2.50. The molecule has 6 heteroatoms. The van der Waals surface area contributed by atoms with E-state index in [1.807, 2.05) is 0 Å². The summed E-state index contributed by atoms with van der Waals surface area (Å²) in [5.74, 6) is 1.18. The van der Waals surface area contributed by atoms with Gasteiger partial charge in [-0.2, -0.15) is 0 Å². The van der Waals surface area contributed by atoms with Crippen molar-refractivity contribution in [1.82, 2.24) is 15.3 Å². The van der Waals surface area contributed by atoms with Crippen LogP contribution < -0.4 is 14.8 Å². The standard InChI is InChI=1S/C14H17N3O3/c1-10(14(18)16-8-11-7-15-9-17-11)20-13-5-3-12(19-2)4-6-13/h3-7,9-10H,8H2,1-2H3,(H,15,17)(H,16,18). The number of aromatic nitrogens is 2. The molecular weight excluding hydrogens is 258 g/mol. The first kappa shape index (κ1) is 13.9. The number of nitrogens with zero attached hydrogens (tertiary/aromatic N) is 1. The van der Waals surface area contributed by atoms with Crippen molar-refractivity contribution in [2.24, 2.45) is 0 Å². The molecular formula is C14H17N3O3. The summed E-state index contributed by atoms with van der Waals surface area (Å²) in [6.45, 7) is 2.10. The number of methoxy groups -OCH3 is 1. The second-order valence-corrected chi connectivity index (χ2v) is 4.23. The summed E-state index contributed by atoms with van der Waals surface area (Å²) in [5.41, 5.74) is 0.843. The molecule has 106 valence electrons. The van der Waals surface area contributed by atoms with Crippen LogP contribution in [0.2, 0.25) is 0 Å². The third-order valence-corrected chi connectivity index (χ3v) is 2.75. The van der Waals surface area contributed by atoms with E-state index in [-0.39, 0.29) is 5.91 Å². The number of imidazole rings is 1. The van der Waals surface area contributed by atoms with E-state index in [0.717, 1.165) is 11.4 Å². The Morgan fingerprint density at radius 1 is 1.35 bits per heavy atom. The number of amides is 1. The lowest BCUT2D eigenvalue weighted by Gasteiger charge is -2.14. The summed E-state index contributed by atoms with van der Waals surface area (Å²) in [4.78, 5) is 18.7. The Morgan fingerprint density at radius 3 is 2.65 bits per heavy atom. The summed E-state index contributed by atoms with van der Waals surface area (Å²) < 4.78 is 10.6. The smallest absolute Gasteiger partial charge is 0.261 e. The SMILES string of the molecule is COc1ccc(OC(C)C(=O)NCc2cnc[nH]2)cc1. The molecule has 0 spiro atoms. The van der Waals surface area contributed by atoms with Crippen LogP contribution in [0.1, 0.15) is 12.6 Å². The normalized spacial score (nSPS) is 11.7. The molecule has 1 unspecified atom stereocenters. The number of hydrogen-bond donors (Lipinski definition) is 2. The van der Waals surface area contributed by atoms with Gasteiger partial charge in [0.05, 0.1) is 25.7 Å². The van der Waals surface area contributed by atoms with Crippen LogP contribution in [0.25, 0.3) is 0 Å². The molecule has 0 radical (unpaired) electrons. The summed E-state index contributed by atoms with van der Waals surface area (Å²) in [7, 11) is 1.60. The van der Waals surface area contributed by atoms with E-state index >= 15 is 0 Å². The quantitative estimate of drug-likeness (QED) is 0.837. The first-order valence-corrected chi connectivity index (χ1v) is 6.24. The molecule has 6 nitrogen and oxygen atoms in total. The van der Waals surface area contributed by atoms with Crippen LogP contribution in [0.15, 0.2) is 36.8 Å². The molecule has 2 aromatic rings. The highest BCUT2D eigenvalue weighted by Crippen LogP contribution is 2.18. The number of hydrogen-bond acceptors (Lipinski definition) is 4. The topological polar surface area (TPSA) is 76.2 Å². The maximum Gasteiger partial charge on any atom is 0.261 e. The molecule has 0 aliphatic carbocycles. The highest BCUT2D eigenvalue weighted by molar-refractivity contribution is 5.80. The molecule has 0 aliphatic heterocycles. The molecule has 1 amide bonds. The molecule has 0 saturated carbocycles. The minimum absolute atomic E-state index is 0.185. The molecule has 20 heavy (non-hydrogen) atoms. The maximum atomic E-state index is 11.9. The number of H-pyrrole nitrogens is 1. The lowest BCUT2D eigenvalue weighted by Crippen LogP contribution is -2.35. The second-order valence-electron chi connectivity index (χ2n) is 4.23. The average molecular weight is 275 g/mol. The number of aromatic amines is 1. The summed E-state index contributed by atoms with van der Waals surface area (Å²) in [6.07, 6.45) is 2.65. The van der Waals surface area contributed by atoms with Crippen LogP contribution in [-0.2, 0) is 11.3 Å². The van der Waals surface area contributed by atoms with Gasteiger partial charge in [0.25, 0.3) is 5.91 Å². The number of carbonyl (C=O) groups excluding carboxylic acids is 1.